The van der Waals surface area contributed by atoms with Crippen LogP contribution in [-0.4, -0.2) is 36.4 Å². The average molecular weight is 264 g/mol. The molecule has 82 valence electrons. The number of alkyl halides is 3. The monoisotopic (exact) mass is 262 g/mol. The summed E-state index contributed by atoms with van der Waals surface area (Å²) in [6.07, 6.45) is -1.58. The Bertz CT molecular complexity index is 223. The molecule has 1 fully saturated rings. The van der Waals surface area contributed by atoms with E-state index in [0.29, 0.717) is 0 Å². The van der Waals surface area contributed by atoms with E-state index in [1.807, 2.05) is 0 Å². The number of carbonyl (C=O) groups is 1. The minimum Gasteiger partial charge on any atom is -0.456 e. The third kappa shape index (κ3) is 2.25. The number of halogens is 3. The van der Waals surface area contributed by atoms with Crippen molar-refractivity contribution < 1.29 is 19.0 Å². The smallest absolute Gasteiger partial charge is 0.318 e. The summed E-state index contributed by atoms with van der Waals surface area (Å²) >= 11 is 16.8. The third-order valence-corrected chi connectivity index (χ3v) is 2.57. The molecule has 0 amide bonds. The average Bonchev–Trinajstić information content (AvgIpc) is 2.07. The summed E-state index contributed by atoms with van der Waals surface area (Å²) in [5, 5.41) is 0. The van der Waals surface area contributed by atoms with E-state index in [2.05, 4.69) is 0 Å². The van der Waals surface area contributed by atoms with Gasteiger partial charge in [-0.2, -0.15) is 0 Å². The number of ether oxygens (including phenoxy) is 3. The number of rotatable bonds is 3. The van der Waals surface area contributed by atoms with Crippen LogP contribution in [0.15, 0.2) is 0 Å². The summed E-state index contributed by atoms with van der Waals surface area (Å²) in [7, 11) is 2.80. The van der Waals surface area contributed by atoms with Crippen molar-refractivity contribution in [2.45, 2.75) is 16.2 Å². The van der Waals surface area contributed by atoms with Crippen LogP contribution in [0.3, 0.4) is 0 Å². The Hall–Kier alpha value is 0.260. The van der Waals surface area contributed by atoms with Gasteiger partial charge in [0, 0.05) is 14.2 Å². The fraction of sp³-hybridized carbons (Fsp3) is 0.857. The predicted molar refractivity (Wildman–Crippen MR) is 51.5 cm³/mol. The highest BCUT2D eigenvalue weighted by atomic mass is 35.6. The molecule has 4 nitrogen and oxygen atoms in total. The molecule has 1 aliphatic rings. The Morgan fingerprint density at radius 3 is 2.14 bits per heavy atom. The zero-order chi connectivity index (χ0) is 10.9. The molecule has 0 aromatic heterocycles. The van der Waals surface area contributed by atoms with Gasteiger partial charge < -0.3 is 14.2 Å². The van der Waals surface area contributed by atoms with E-state index < -0.39 is 28.1 Å². The lowest BCUT2D eigenvalue weighted by atomic mass is 9.97. The van der Waals surface area contributed by atoms with Gasteiger partial charge in [0.2, 0.25) is 3.79 Å². The second-order valence-electron chi connectivity index (χ2n) is 2.76. The van der Waals surface area contributed by atoms with Crippen LogP contribution in [0.25, 0.3) is 0 Å². The molecule has 1 heterocycles. The van der Waals surface area contributed by atoms with Crippen molar-refractivity contribution in [1.29, 1.82) is 0 Å². The molecule has 0 unspecified atom stereocenters. The maximum atomic E-state index is 11.1. The first kappa shape index (κ1) is 12.3. The summed E-state index contributed by atoms with van der Waals surface area (Å²) in [6, 6.07) is 0. The molecule has 0 aromatic rings. The zero-order valence-electron chi connectivity index (χ0n) is 7.50. The molecule has 1 saturated heterocycles. The van der Waals surface area contributed by atoms with Gasteiger partial charge in [0.05, 0.1) is 0 Å². The maximum Gasteiger partial charge on any atom is 0.318 e. The number of esters is 1. The first-order chi connectivity index (χ1) is 6.41. The summed E-state index contributed by atoms with van der Waals surface area (Å²) in [5.74, 6) is -1.19. The molecule has 0 aromatic carbocycles. The summed E-state index contributed by atoms with van der Waals surface area (Å²) in [4.78, 5) is 11.1. The van der Waals surface area contributed by atoms with Crippen molar-refractivity contribution in [2.24, 2.45) is 5.92 Å². The van der Waals surface area contributed by atoms with Crippen LogP contribution in [0.5, 0.6) is 0 Å². The third-order valence-electron chi connectivity index (χ3n) is 1.92. The number of methoxy groups -OCH3 is 2. The van der Waals surface area contributed by atoms with Gasteiger partial charge in [-0.15, -0.1) is 0 Å². The second kappa shape index (κ2) is 4.41. The molecule has 0 spiro atoms. The quantitative estimate of drug-likeness (QED) is 0.440. The zero-order valence-corrected chi connectivity index (χ0v) is 9.77. The number of hydrogen-bond acceptors (Lipinski definition) is 4. The molecule has 7 heteroatoms. The van der Waals surface area contributed by atoms with Crippen molar-refractivity contribution in [3.05, 3.63) is 0 Å². The van der Waals surface area contributed by atoms with E-state index >= 15 is 0 Å². The molecular formula is C7H9Cl3O4. The standard InChI is InChI=1S/C7H9Cl3O4/c1-12-6(13-2)3-4(7(8,9)10)14-5(3)11/h3-4,6H,1-2H3/t3-,4+/m0/s1. The molecule has 14 heavy (non-hydrogen) atoms. The molecule has 1 aliphatic heterocycles. The molecule has 0 radical (unpaired) electrons. The largest absolute Gasteiger partial charge is 0.456 e. The van der Waals surface area contributed by atoms with Gasteiger partial charge in [0.1, 0.15) is 5.92 Å². The maximum absolute atomic E-state index is 11.1. The van der Waals surface area contributed by atoms with Gasteiger partial charge in [0.25, 0.3) is 0 Å². The lowest BCUT2D eigenvalue weighted by molar-refractivity contribution is -0.229. The van der Waals surface area contributed by atoms with Crippen LogP contribution in [-0.2, 0) is 19.0 Å². The van der Waals surface area contributed by atoms with E-state index in [0.717, 1.165) is 0 Å². The van der Waals surface area contributed by atoms with E-state index in [-0.39, 0.29) is 0 Å². The number of cyclic esters (lactones) is 1. The van der Waals surface area contributed by atoms with Crippen LogP contribution in [0.4, 0.5) is 0 Å². The first-order valence-electron chi connectivity index (χ1n) is 3.74. The molecule has 0 aliphatic carbocycles. The topological polar surface area (TPSA) is 44.8 Å². The molecule has 0 saturated carbocycles. The van der Waals surface area contributed by atoms with E-state index in [1.54, 1.807) is 0 Å². The highest BCUT2D eigenvalue weighted by molar-refractivity contribution is 6.68. The minimum atomic E-state index is -1.66. The normalized spacial score (nSPS) is 27.4. The SMILES string of the molecule is COC(OC)[C@@H]1C(=O)O[C@H]1C(Cl)(Cl)Cl. The lowest BCUT2D eigenvalue weighted by Gasteiger charge is -2.41. The van der Waals surface area contributed by atoms with E-state index in [4.69, 9.17) is 49.0 Å². The molecule has 0 bridgehead atoms. The van der Waals surface area contributed by atoms with Crippen LogP contribution in [0.2, 0.25) is 0 Å². The number of carbonyl (C=O) groups excluding carboxylic acids is 1. The summed E-state index contributed by atoms with van der Waals surface area (Å²) in [5.41, 5.74) is 0. The van der Waals surface area contributed by atoms with E-state index in [1.165, 1.54) is 14.2 Å². The Balaban J connectivity index is 2.70. The molecule has 2 atom stereocenters. The molecule has 0 N–H and O–H groups in total. The minimum absolute atomic E-state index is 0.491. The highest BCUT2D eigenvalue weighted by Crippen LogP contribution is 2.43. The van der Waals surface area contributed by atoms with Crippen LogP contribution in [0, 0.1) is 5.92 Å². The van der Waals surface area contributed by atoms with Crippen molar-refractivity contribution in [1.82, 2.24) is 0 Å². The molecule has 1 rings (SSSR count). The molecular weight excluding hydrogens is 254 g/mol. The van der Waals surface area contributed by atoms with Gasteiger partial charge in [-0.1, -0.05) is 34.8 Å². The number of hydrogen-bond donors (Lipinski definition) is 0. The predicted octanol–water partition coefficient (Wildman–Crippen LogP) is 1.52. The Morgan fingerprint density at radius 2 is 1.86 bits per heavy atom. The van der Waals surface area contributed by atoms with Gasteiger partial charge in [-0.3, -0.25) is 4.79 Å². The second-order valence-corrected chi connectivity index (χ2v) is 5.13. The Morgan fingerprint density at radius 1 is 1.36 bits per heavy atom. The fourth-order valence-electron chi connectivity index (χ4n) is 1.24. The highest BCUT2D eigenvalue weighted by Gasteiger charge is 2.57. The Labute approximate surface area is 96.3 Å². The van der Waals surface area contributed by atoms with Crippen molar-refractivity contribution in [2.75, 3.05) is 14.2 Å². The summed E-state index contributed by atoms with van der Waals surface area (Å²) < 4.78 is 12.8. The lowest BCUT2D eigenvalue weighted by Crippen LogP contribution is -2.58. The fourth-order valence-corrected chi connectivity index (χ4v) is 1.78. The Kier molecular flexibility index (Phi) is 3.88. The van der Waals surface area contributed by atoms with Crippen LogP contribution >= 0.6 is 34.8 Å². The van der Waals surface area contributed by atoms with Crippen molar-refractivity contribution in [3.63, 3.8) is 0 Å². The van der Waals surface area contributed by atoms with Gasteiger partial charge in [-0.05, 0) is 0 Å². The van der Waals surface area contributed by atoms with E-state index in [9.17, 15) is 4.79 Å². The first-order valence-corrected chi connectivity index (χ1v) is 4.88. The van der Waals surface area contributed by atoms with Crippen LogP contribution < -0.4 is 0 Å². The van der Waals surface area contributed by atoms with Crippen molar-refractivity contribution >= 4 is 40.8 Å². The summed E-state index contributed by atoms with van der Waals surface area (Å²) in [6.45, 7) is 0. The van der Waals surface area contributed by atoms with Gasteiger partial charge >= 0.3 is 5.97 Å². The van der Waals surface area contributed by atoms with Gasteiger partial charge in [0.15, 0.2) is 12.4 Å². The van der Waals surface area contributed by atoms with Gasteiger partial charge in [-0.25, -0.2) is 0 Å². The van der Waals surface area contributed by atoms with Crippen molar-refractivity contribution in [3.8, 4) is 0 Å². The van der Waals surface area contributed by atoms with Crippen LogP contribution in [0.1, 0.15) is 0 Å².